The molecule has 0 aliphatic carbocycles. The van der Waals surface area contributed by atoms with Crippen molar-refractivity contribution in [2.24, 2.45) is 10.9 Å². The molecule has 0 spiro atoms. The Balaban J connectivity index is 1.71. The minimum atomic E-state index is -0.100. The smallest absolute Gasteiger partial charge is 0.308 e. The number of nitrogens with one attached hydrogen (secondary N) is 1. The number of esters is 1. The molecule has 0 saturated carbocycles. The largest absolute Gasteiger partial charge is 0.469 e. The molecule has 0 radical (unpaired) electrons. The highest BCUT2D eigenvalue weighted by atomic mass is 35.5. The Labute approximate surface area is 152 Å². The van der Waals surface area contributed by atoms with E-state index in [2.05, 4.69) is 15.2 Å². The van der Waals surface area contributed by atoms with Crippen LogP contribution in [0.25, 0.3) is 0 Å². The Morgan fingerprint density at radius 2 is 2.04 bits per heavy atom. The summed E-state index contributed by atoms with van der Waals surface area (Å²) in [5, 5.41) is 4.15. The lowest BCUT2D eigenvalue weighted by molar-refractivity contribution is -0.146. The molecule has 1 aliphatic heterocycles. The van der Waals surface area contributed by atoms with Crippen molar-refractivity contribution in [3.63, 3.8) is 0 Å². The molecule has 7 heteroatoms. The van der Waals surface area contributed by atoms with Gasteiger partial charge in [-0.1, -0.05) is 11.6 Å². The predicted molar refractivity (Wildman–Crippen MR) is 99.9 cm³/mol. The van der Waals surface area contributed by atoms with Crippen LogP contribution in [0.5, 0.6) is 0 Å². The first-order valence-electron chi connectivity index (χ1n) is 8.06. The quantitative estimate of drug-likeness (QED) is 0.284. The first-order chi connectivity index (χ1) is 11.6. The lowest BCUT2D eigenvalue weighted by atomic mass is 9.97. The normalized spacial score (nSPS) is 16.1. The number of nitrogens with zero attached hydrogens (tertiary/aromatic N) is 2. The van der Waals surface area contributed by atoms with Crippen LogP contribution in [0.2, 0.25) is 5.02 Å². The van der Waals surface area contributed by atoms with Crippen LogP contribution in [-0.4, -0.2) is 56.4 Å². The minimum absolute atomic E-state index is 0.0183. The Morgan fingerprint density at radius 1 is 1.38 bits per heavy atom. The van der Waals surface area contributed by atoms with Gasteiger partial charge in [0.2, 0.25) is 0 Å². The van der Waals surface area contributed by atoms with Crippen molar-refractivity contribution >= 4 is 35.3 Å². The maximum atomic E-state index is 11.6. The molecule has 0 aromatic heterocycles. The molecule has 1 saturated heterocycles. The van der Waals surface area contributed by atoms with Gasteiger partial charge in [-0.15, -0.1) is 11.8 Å². The van der Waals surface area contributed by atoms with Crippen molar-refractivity contribution in [2.45, 2.75) is 17.7 Å². The average molecular weight is 370 g/mol. The van der Waals surface area contributed by atoms with Gasteiger partial charge in [0, 0.05) is 42.4 Å². The molecule has 1 aromatic rings. The molecule has 132 valence electrons. The maximum absolute atomic E-state index is 11.6. The fourth-order valence-corrected chi connectivity index (χ4v) is 3.58. The molecule has 1 heterocycles. The van der Waals surface area contributed by atoms with Crippen LogP contribution in [0, 0.1) is 5.92 Å². The fraction of sp³-hybridized carbons (Fsp3) is 0.529. The van der Waals surface area contributed by atoms with E-state index < -0.39 is 0 Å². The SMILES string of the molecule is CN=C(NCCSc1ccc(Cl)cc1)N1CCC(C(=O)OC)CC1. The van der Waals surface area contributed by atoms with E-state index in [0.717, 1.165) is 49.2 Å². The van der Waals surface area contributed by atoms with E-state index in [-0.39, 0.29) is 11.9 Å². The highest BCUT2D eigenvalue weighted by Crippen LogP contribution is 2.20. The number of piperidine rings is 1. The number of carbonyl (C=O) groups excluding carboxylic acids is 1. The lowest BCUT2D eigenvalue weighted by Gasteiger charge is -2.33. The zero-order chi connectivity index (χ0) is 17.4. The summed E-state index contributed by atoms with van der Waals surface area (Å²) in [6, 6.07) is 7.86. The number of halogens is 1. The van der Waals surface area contributed by atoms with E-state index in [1.165, 1.54) is 12.0 Å². The van der Waals surface area contributed by atoms with Crippen LogP contribution in [-0.2, 0) is 9.53 Å². The molecule has 0 atom stereocenters. The van der Waals surface area contributed by atoms with Crippen LogP contribution >= 0.6 is 23.4 Å². The zero-order valence-electron chi connectivity index (χ0n) is 14.1. The van der Waals surface area contributed by atoms with E-state index in [1.807, 2.05) is 24.3 Å². The van der Waals surface area contributed by atoms with Gasteiger partial charge < -0.3 is 15.0 Å². The van der Waals surface area contributed by atoms with Gasteiger partial charge in [0.15, 0.2) is 5.96 Å². The summed E-state index contributed by atoms with van der Waals surface area (Å²) < 4.78 is 4.83. The van der Waals surface area contributed by atoms with Crippen LogP contribution in [0.3, 0.4) is 0 Å². The van der Waals surface area contributed by atoms with Gasteiger partial charge in [-0.05, 0) is 37.1 Å². The molecule has 0 bridgehead atoms. The van der Waals surface area contributed by atoms with Crippen LogP contribution < -0.4 is 5.32 Å². The maximum Gasteiger partial charge on any atom is 0.308 e. The standard InChI is InChI=1S/C17H24ClN3O2S/c1-19-17(21-10-7-13(8-11-21)16(22)23-2)20-9-12-24-15-5-3-14(18)4-6-15/h3-6,13H,7-12H2,1-2H3,(H,19,20). The second-order valence-electron chi connectivity index (χ2n) is 5.56. The van der Waals surface area contributed by atoms with Crippen molar-refractivity contribution < 1.29 is 9.53 Å². The predicted octanol–water partition coefficient (Wildman–Crippen LogP) is 2.89. The summed E-state index contributed by atoms with van der Waals surface area (Å²) in [4.78, 5) is 19.3. The monoisotopic (exact) mass is 369 g/mol. The van der Waals surface area contributed by atoms with Crippen molar-refractivity contribution in [1.29, 1.82) is 0 Å². The summed E-state index contributed by atoms with van der Waals surface area (Å²) >= 11 is 7.67. The fourth-order valence-electron chi connectivity index (χ4n) is 2.69. The molecule has 0 unspecified atom stereocenters. The van der Waals surface area contributed by atoms with Gasteiger partial charge in [-0.25, -0.2) is 0 Å². The topological polar surface area (TPSA) is 53.9 Å². The van der Waals surface area contributed by atoms with E-state index in [1.54, 1.807) is 18.8 Å². The molecule has 2 rings (SSSR count). The number of aliphatic imine (C=N–C) groups is 1. The minimum Gasteiger partial charge on any atom is -0.469 e. The lowest BCUT2D eigenvalue weighted by Crippen LogP contribution is -2.47. The summed E-state index contributed by atoms with van der Waals surface area (Å²) in [6.45, 7) is 2.48. The van der Waals surface area contributed by atoms with Crippen molar-refractivity contribution in [3.8, 4) is 0 Å². The van der Waals surface area contributed by atoms with Crippen molar-refractivity contribution in [1.82, 2.24) is 10.2 Å². The number of hydrogen-bond acceptors (Lipinski definition) is 4. The third kappa shape index (κ3) is 5.60. The first kappa shape index (κ1) is 18.9. The Morgan fingerprint density at radius 3 is 2.62 bits per heavy atom. The number of likely N-dealkylation sites (tertiary alicyclic amines) is 1. The number of benzene rings is 1. The Hall–Kier alpha value is -1.40. The van der Waals surface area contributed by atoms with Crippen molar-refractivity contribution in [3.05, 3.63) is 29.3 Å². The number of hydrogen-bond donors (Lipinski definition) is 1. The average Bonchev–Trinajstić information content (AvgIpc) is 2.63. The molecule has 0 amide bonds. The van der Waals surface area contributed by atoms with E-state index in [4.69, 9.17) is 16.3 Å². The van der Waals surface area contributed by atoms with Gasteiger partial charge in [0.25, 0.3) is 0 Å². The van der Waals surface area contributed by atoms with Gasteiger partial charge in [0.1, 0.15) is 0 Å². The number of rotatable bonds is 5. The molecule has 5 nitrogen and oxygen atoms in total. The van der Waals surface area contributed by atoms with E-state index in [9.17, 15) is 4.79 Å². The summed E-state index contributed by atoms with van der Waals surface area (Å²) in [6.07, 6.45) is 1.62. The van der Waals surface area contributed by atoms with Gasteiger partial charge in [-0.3, -0.25) is 9.79 Å². The van der Waals surface area contributed by atoms with Crippen LogP contribution in [0.1, 0.15) is 12.8 Å². The summed E-state index contributed by atoms with van der Waals surface area (Å²) in [7, 11) is 3.24. The third-order valence-electron chi connectivity index (χ3n) is 4.01. The molecule has 24 heavy (non-hydrogen) atoms. The highest BCUT2D eigenvalue weighted by molar-refractivity contribution is 7.99. The number of ether oxygens (including phenoxy) is 1. The van der Waals surface area contributed by atoms with Gasteiger partial charge in [0.05, 0.1) is 13.0 Å². The molecule has 1 fully saturated rings. The third-order valence-corrected chi connectivity index (χ3v) is 5.27. The van der Waals surface area contributed by atoms with E-state index >= 15 is 0 Å². The number of carbonyl (C=O) groups is 1. The zero-order valence-corrected chi connectivity index (χ0v) is 15.7. The van der Waals surface area contributed by atoms with Gasteiger partial charge in [-0.2, -0.15) is 0 Å². The molecular weight excluding hydrogens is 346 g/mol. The number of guanidine groups is 1. The molecule has 1 aromatic carbocycles. The highest BCUT2D eigenvalue weighted by Gasteiger charge is 2.26. The molecule has 1 aliphatic rings. The first-order valence-corrected chi connectivity index (χ1v) is 9.42. The van der Waals surface area contributed by atoms with E-state index in [0.29, 0.717) is 0 Å². The number of thioether (sulfide) groups is 1. The molecular formula is C17H24ClN3O2S. The Bertz CT molecular complexity index is 557. The Kier molecular flexibility index (Phi) is 7.72. The van der Waals surface area contributed by atoms with Crippen molar-refractivity contribution in [2.75, 3.05) is 39.5 Å². The van der Waals surface area contributed by atoms with Gasteiger partial charge >= 0.3 is 5.97 Å². The summed E-state index contributed by atoms with van der Waals surface area (Å²) in [5.74, 6) is 1.76. The second-order valence-corrected chi connectivity index (χ2v) is 7.17. The molecule has 1 N–H and O–H groups in total. The van der Waals surface area contributed by atoms with Crippen LogP contribution in [0.4, 0.5) is 0 Å². The summed E-state index contributed by atoms with van der Waals surface area (Å²) in [5.41, 5.74) is 0. The van der Waals surface area contributed by atoms with Crippen LogP contribution in [0.15, 0.2) is 34.2 Å². The second kappa shape index (κ2) is 9.79. The number of methoxy groups -OCH3 is 1.